The number of para-hydroxylation sites is 1. The van der Waals surface area contributed by atoms with Crippen molar-refractivity contribution in [2.75, 3.05) is 65.1 Å². The molecule has 0 saturated carbocycles. The smallest absolute Gasteiger partial charge is 0.397 e. The summed E-state index contributed by atoms with van der Waals surface area (Å²) >= 11 is 3.17. The highest BCUT2D eigenvalue weighted by molar-refractivity contribution is 9.10. The molecule has 1 atom stereocenters. The largest absolute Gasteiger partial charge is 0.418 e. The van der Waals surface area contributed by atoms with E-state index in [4.69, 9.17) is 5.73 Å². The van der Waals surface area contributed by atoms with Crippen LogP contribution >= 0.6 is 15.9 Å². The quantitative estimate of drug-likeness (QED) is 0.256. The molecular weight excluding hydrogens is 741 g/mol. The normalized spacial score (nSPS) is 19.5. The molecule has 278 valence electrons. The number of nitrogens with one attached hydrogen (secondary N) is 1. The van der Waals surface area contributed by atoms with Gasteiger partial charge in [-0.25, -0.2) is 4.79 Å². The van der Waals surface area contributed by atoms with Gasteiger partial charge in [0.15, 0.2) is 0 Å². The van der Waals surface area contributed by atoms with Crippen molar-refractivity contribution >= 4 is 55.4 Å². The molecule has 4 aromatic rings. The van der Waals surface area contributed by atoms with Crippen molar-refractivity contribution in [3.05, 3.63) is 68.7 Å². The van der Waals surface area contributed by atoms with E-state index < -0.39 is 23.3 Å². The van der Waals surface area contributed by atoms with Crippen LogP contribution in [0, 0.1) is 5.92 Å². The van der Waals surface area contributed by atoms with Gasteiger partial charge in [-0.1, -0.05) is 18.2 Å². The Morgan fingerprint density at radius 1 is 0.962 bits per heavy atom. The van der Waals surface area contributed by atoms with E-state index in [0.29, 0.717) is 50.6 Å². The number of nitrogens with zero attached hydrogens (tertiary/aromatic N) is 6. The molecule has 5 heterocycles. The number of rotatable bonds is 7. The molecule has 2 aromatic carbocycles. The van der Waals surface area contributed by atoms with Crippen molar-refractivity contribution in [3.63, 3.8) is 0 Å². The zero-order chi connectivity index (χ0) is 36.7. The van der Waals surface area contributed by atoms with E-state index in [1.165, 1.54) is 6.07 Å². The van der Waals surface area contributed by atoms with Crippen molar-refractivity contribution in [1.29, 1.82) is 0 Å². The molecular formula is C37H44BrF3N8O3. The first kappa shape index (κ1) is 36.4. The van der Waals surface area contributed by atoms with E-state index in [2.05, 4.69) is 42.7 Å². The third kappa shape index (κ3) is 7.44. The van der Waals surface area contributed by atoms with Gasteiger partial charge in [0.1, 0.15) is 0 Å². The van der Waals surface area contributed by atoms with Crippen LogP contribution in [0.25, 0.3) is 21.9 Å². The minimum absolute atomic E-state index is 0.0378. The second-order valence-corrected chi connectivity index (χ2v) is 15.3. The topological polar surface area (TPSA) is 124 Å². The maximum Gasteiger partial charge on any atom is 0.418 e. The van der Waals surface area contributed by atoms with Crippen LogP contribution in [0.15, 0.2) is 51.9 Å². The number of alkyl halides is 3. The molecule has 0 bridgehead atoms. The number of piperidine rings is 2. The van der Waals surface area contributed by atoms with Gasteiger partial charge in [-0.2, -0.15) is 13.2 Å². The summed E-state index contributed by atoms with van der Waals surface area (Å²) < 4.78 is 43.5. The molecule has 3 aliphatic heterocycles. The van der Waals surface area contributed by atoms with Crippen molar-refractivity contribution in [2.45, 2.75) is 56.8 Å². The van der Waals surface area contributed by atoms with Gasteiger partial charge in [0, 0.05) is 67.6 Å². The van der Waals surface area contributed by atoms with Gasteiger partial charge in [0.05, 0.1) is 39.9 Å². The first-order valence-corrected chi connectivity index (χ1v) is 18.8. The third-order valence-corrected chi connectivity index (χ3v) is 11.9. The lowest BCUT2D eigenvalue weighted by Crippen LogP contribution is -2.55. The van der Waals surface area contributed by atoms with Gasteiger partial charge in [0.25, 0.3) is 0 Å². The molecule has 7 rings (SSSR count). The summed E-state index contributed by atoms with van der Waals surface area (Å²) in [6.07, 6.45) is 0.0721. The number of aromatic nitrogens is 3. The number of nitrogens with two attached hydrogens (primary N) is 1. The molecule has 52 heavy (non-hydrogen) atoms. The Hall–Kier alpha value is -3.95. The number of benzene rings is 2. The van der Waals surface area contributed by atoms with E-state index in [1.54, 1.807) is 20.6 Å². The lowest BCUT2D eigenvalue weighted by atomic mass is 9.92. The monoisotopic (exact) mass is 784 g/mol. The van der Waals surface area contributed by atoms with Crippen LogP contribution < -0.4 is 11.4 Å². The Labute approximate surface area is 308 Å². The highest BCUT2D eigenvalue weighted by atomic mass is 79.9. The maximum absolute atomic E-state index is 14.2. The van der Waals surface area contributed by atoms with E-state index in [-0.39, 0.29) is 46.4 Å². The van der Waals surface area contributed by atoms with E-state index in [0.717, 1.165) is 61.5 Å². The van der Waals surface area contributed by atoms with Crippen LogP contribution in [0.2, 0.25) is 0 Å². The van der Waals surface area contributed by atoms with Crippen LogP contribution in [0.5, 0.6) is 0 Å². The Kier molecular flexibility index (Phi) is 10.4. The molecule has 3 saturated heterocycles. The van der Waals surface area contributed by atoms with Gasteiger partial charge >= 0.3 is 11.9 Å². The minimum atomic E-state index is -4.68. The van der Waals surface area contributed by atoms with E-state index >= 15 is 0 Å². The van der Waals surface area contributed by atoms with Gasteiger partial charge < -0.3 is 25.4 Å². The summed E-state index contributed by atoms with van der Waals surface area (Å²) in [5.74, 6) is -1.31. The average Bonchev–Trinajstić information content (AvgIpc) is 3.48. The summed E-state index contributed by atoms with van der Waals surface area (Å²) in [6, 6.07) is 10.4. The van der Waals surface area contributed by atoms with Gasteiger partial charge in [-0.15, -0.1) is 0 Å². The number of piperazine rings is 1. The Morgan fingerprint density at radius 2 is 1.63 bits per heavy atom. The van der Waals surface area contributed by atoms with E-state index in [1.807, 2.05) is 24.3 Å². The predicted octanol–water partition coefficient (Wildman–Crippen LogP) is 4.89. The summed E-state index contributed by atoms with van der Waals surface area (Å²) in [5, 5.41) is 0.859. The Bertz CT molecular complexity index is 2010. The van der Waals surface area contributed by atoms with Crippen LogP contribution in [0.3, 0.4) is 0 Å². The molecule has 2 aromatic heterocycles. The predicted molar refractivity (Wildman–Crippen MR) is 197 cm³/mol. The second kappa shape index (κ2) is 14.8. The molecule has 3 N–H and O–H groups in total. The van der Waals surface area contributed by atoms with Crippen molar-refractivity contribution in [3.8, 4) is 0 Å². The van der Waals surface area contributed by atoms with Crippen molar-refractivity contribution < 1.29 is 22.8 Å². The molecule has 15 heteroatoms. The molecule has 3 aliphatic rings. The number of hydrogen-bond acceptors (Lipinski definition) is 7. The van der Waals surface area contributed by atoms with Crippen LogP contribution in [-0.4, -0.2) is 111 Å². The number of fused-ring (bicyclic) bond motifs is 3. The zero-order valence-electron chi connectivity index (χ0n) is 29.2. The van der Waals surface area contributed by atoms with Crippen molar-refractivity contribution in [2.24, 2.45) is 5.92 Å². The Balaban J connectivity index is 1.06. The number of anilines is 1. The number of likely N-dealkylation sites (tertiary alicyclic amines) is 2. The van der Waals surface area contributed by atoms with Gasteiger partial charge in [-0.3, -0.25) is 24.0 Å². The number of nitrogen functional groups attached to an aromatic ring is 1. The lowest BCUT2D eigenvalue weighted by Gasteiger charge is -2.43. The van der Waals surface area contributed by atoms with Crippen LogP contribution in [-0.2, 0) is 22.2 Å². The zero-order valence-corrected chi connectivity index (χ0v) is 30.8. The van der Waals surface area contributed by atoms with E-state index in [9.17, 15) is 27.6 Å². The molecule has 2 amide bonds. The number of imidazole rings is 1. The molecule has 3 fully saturated rings. The average molecular weight is 786 g/mol. The first-order chi connectivity index (χ1) is 24.9. The molecule has 0 unspecified atom stereocenters. The highest BCUT2D eigenvalue weighted by Crippen LogP contribution is 2.39. The van der Waals surface area contributed by atoms with Gasteiger partial charge in [0.2, 0.25) is 11.8 Å². The summed E-state index contributed by atoms with van der Waals surface area (Å²) in [5.41, 5.74) is 6.67. The summed E-state index contributed by atoms with van der Waals surface area (Å²) in [7, 11) is 2.12. The Morgan fingerprint density at radius 3 is 2.33 bits per heavy atom. The van der Waals surface area contributed by atoms with Gasteiger partial charge in [-0.05, 0) is 91.9 Å². The SMILES string of the molecule is CN1CCC(N2CCN(C(=O)[C@H](CC(=O)N3CCC(n4c(=O)[nH]c5c6ccccc6ncc54)CC3)Cc3cc(Br)c(N)c(C(F)(F)F)c3)CC2)CC1. The summed E-state index contributed by atoms with van der Waals surface area (Å²) in [4.78, 5) is 57.0. The fraction of sp³-hybridized carbons (Fsp3) is 0.514. The number of hydrogen-bond donors (Lipinski definition) is 2. The summed E-state index contributed by atoms with van der Waals surface area (Å²) in [6.45, 7) is 5.28. The van der Waals surface area contributed by atoms with Crippen molar-refractivity contribution in [1.82, 2.24) is 34.1 Å². The maximum atomic E-state index is 14.2. The number of H-pyrrole nitrogens is 1. The lowest BCUT2D eigenvalue weighted by molar-refractivity contribution is -0.143. The standard InChI is InChI=1S/C37H44BrF3N8O3/c1-45-10-6-25(7-11-45)46-14-16-48(17-15-46)35(51)24(18-23-19-28(37(39,40)41)33(42)29(38)20-23)21-32(50)47-12-8-26(9-13-47)49-31-22-43-30-5-3-2-4-27(30)34(31)44-36(49)52/h2-5,19-20,22,24-26H,6-18,21,42H2,1H3,(H,44,52)/t24-/m0/s1. The second-order valence-electron chi connectivity index (χ2n) is 14.5. The minimum Gasteiger partial charge on any atom is -0.397 e. The van der Waals surface area contributed by atoms with Crippen LogP contribution in [0.1, 0.15) is 49.3 Å². The van der Waals surface area contributed by atoms with Crippen LogP contribution in [0.4, 0.5) is 18.9 Å². The number of amides is 2. The first-order valence-electron chi connectivity index (χ1n) is 18.0. The number of carbonyl (C=O) groups is 2. The third-order valence-electron chi connectivity index (χ3n) is 11.2. The number of aromatic amines is 1. The highest BCUT2D eigenvalue weighted by Gasteiger charge is 2.37. The fourth-order valence-corrected chi connectivity index (χ4v) is 8.79. The number of carbonyl (C=O) groups excluding carboxylic acids is 2. The molecule has 0 radical (unpaired) electrons. The fourth-order valence-electron chi connectivity index (χ4n) is 8.28. The number of halogens is 4. The number of pyridine rings is 1. The molecule has 0 aliphatic carbocycles. The molecule has 0 spiro atoms. The molecule has 11 nitrogen and oxygen atoms in total.